The fraction of sp³-hybridized carbons (Fsp3) is 0.0714. The summed E-state index contributed by atoms with van der Waals surface area (Å²) < 4.78 is 3.99. The van der Waals surface area contributed by atoms with Gasteiger partial charge in [0.1, 0.15) is 5.69 Å². The van der Waals surface area contributed by atoms with Crippen molar-refractivity contribution in [3.8, 4) is 33.9 Å². The van der Waals surface area contributed by atoms with Crippen LogP contribution < -0.4 is 5.73 Å². The number of fused-ring (bicyclic) bond motifs is 4. The second-order valence-corrected chi connectivity index (χ2v) is 9.72. The van der Waals surface area contributed by atoms with E-state index in [1.807, 2.05) is 64.0 Å². The Balaban J connectivity index is 1.45. The number of aromatic nitrogens is 6. The number of nitrogens with zero attached hydrogens (tertiary/aromatic N) is 6. The van der Waals surface area contributed by atoms with Crippen LogP contribution in [0.2, 0.25) is 0 Å². The Morgan fingerprint density at radius 1 is 0.889 bits per heavy atom. The first-order valence-corrected chi connectivity index (χ1v) is 12.6. The number of nitrogens with two attached hydrogens (primary N) is 1. The Bertz CT molecular complexity index is 1830. The van der Waals surface area contributed by atoms with Gasteiger partial charge in [0.2, 0.25) is 0 Å². The number of hydrogen-bond acceptors (Lipinski definition) is 6. The lowest BCUT2D eigenvalue weighted by Crippen LogP contribution is -2.04. The summed E-state index contributed by atoms with van der Waals surface area (Å²) in [5, 5.41) is 12.0. The molecular weight excluding hydrogens is 466 g/mol. The summed E-state index contributed by atoms with van der Waals surface area (Å²) in [5.74, 6) is 0.708. The SMILES string of the molecule is C[C@@H](N)c1ccc(-c2nc3ccn4c(-c5cn6ccsc6n5)nnc4c3cc2-c2ccccc2)cc1. The van der Waals surface area contributed by atoms with E-state index in [-0.39, 0.29) is 6.04 Å². The molecule has 0 aliphatic heterocycles. The van der Waals surface area contributed by atoms with Crippen molar-refractivity contribution in [2.45, 2.75) is 13.0 Å². The summed E-state index contributed by atoms with van der Waals surface area (Å²) in [6, 6.07) is 22.8. The van der Waals surface area contributed by atoms with Crippen LogP contribution in [0, 0.1) is 0 Å². The molecule has 7 nitrogen and oxygen atoms in total. The summed E-state index contributed by atoms with van der Waals surface area (Å²) >= 11 is 1.59. The third-order valence-corrected chi connectivity index (χ3v) is 7.26. The van der Waals surface area contributed by atoms with Gasteiger partial charge in [-0.1, -0.05) is 54.6 Å². The van der Waals surface area contributed by atoms with E-state index in [1.54, 1.807) is 11.3 Å². The minimum atomic E-state index is -0.0151. The fourth-order valence-electron chi connectivity index (χ4n) is 4.61. The van der Waals surface area contributed by atoms with Gasteiger partial charge in [-0.2, -0.15) is 0 Å². The molecule has 8 heteroatoms. The molecule has 0 saturated heterocycles. The zero-order valence-electron chi connectivity index (χ0n) is 19.4. The molecule has 2 N–H and O–H groups in total. The van der Waals surface area contributed by atoms with E-state index in [2.05, 4.69) is 52.7 Å². The molecule has 5 heterocycles. The van der Waals surface area contributed by atoms with Gasteiger partial charge < -0.3 is 5.73 Å². The first-order valence-electron chi connectivity index (χ1n) is 11.7. The van der Waals surface area contributed by atoms with Crippen LogP contribution in [-0.2, 0) is 0 Å². The Kier molecular flexibility index (Phi) is 4.70. The Hall–Kier alpha value is -4.40. The number of benzene rings is 2. The maximum atomic E-state index is 6.07. The standard InChI is InChI=1S/C28H21N7S/c1-17(29)18-7-9-20(10-8-18)25-21(19-5-3-2-4-6-19)15-22-23(30-25)11-12-35-26(22)32-33-27(35)24-16-34-13-14-36-28(34)31-24/h2-17H,29H2,1H3/t17-/m1/s1. The summed E-state index contributed by atoms with van der Waals surface area (Å²) in [6.07, 6.45) is 5.95. The molecule has 7 aromatic rings. The van der Waals surface area contributed by atoms with Crippen molar-refractivity contribution in [3.63, 3.8) is 0 Å². The van der Waals surface area contributed by atoms with E-state index in [4.69, 9.17) is 15.7 Å². The Morgan fingerprint density at radius 2 is 1.72 bits per heavy atom. The monoisotopic (exact) mass is 487 g/mol. The van der Waals surface area contributed by atoms with Crippen molar-refractivity contribution < 1.29 is 0 Å². The van der Waals surface area contributed by atoms with E-state index < -0.39 is 0 Å². The second kappa shape index (κ2) is 8.08. The van der Waals surface area contributed by atoms with Crippen LogP contribution in [0.15, 0.2) is 90.7 Å². The molecule has 1 atom stereocenters. The van der Waals surface area contributed by atoms with Crippen LogP contribution in [-0.4, -0.2) is 29.0 Å². The highest BCUT2D eigenvalue weighted by Crippen LogP contribution is 2.35. The molecule has 2 aromatic carbocycles. The molecule has 0 bridgehead atoms. The zero-order valence-corrected chi connectivity index (χ0v) is 20.2. The maximum absolute atomic E-state index is 6.07. The largest absolute Gasteiger partial charge is 0.324 e. The number of hydrogen-bond donors (Lipinski definition) is 1. The van der Waals surface area contributed by atoms with E-state index in [9.17, 15) is 0 Å². The molecule has 5 aromatic heterocycles. The van der Waals surface area contributed by atoms with Crippen molar-refractivity contribution in [2.75, 3.05) is 0 Å². The van der Waals surface area contributed by atoms with Crippen LogP contribution in [0.25, 0.3) is 55.4 Å². The molecule has 0 saturated carbocycles. The fourth-order valence-corrected chi connectivity index (χ4v) is 5.31. The van der Waals surface area contributed by atoms with Crippen molar-refractivity contribution in [1.29, 1.82) is 0 Å². The first-order chi connectivity index (χ1) is 17.7. The number of pyridine rings is 2. The third kappa shape index (κ3) is 3.30. The molecule has 0 fully saturated rings. The number of rotatable bonds is 4. The van der Waals surface area contributed by atoms with Gasteiger partial charge in [-0.15, -0.1) is 21.5 Å². The Morgan fingerprint density at radius 3 is 2.50 bits per heavy atom. The predicted molar refractivity (Wildman–Crippen MR) is 144 cm³/mol. The highest BCUT2D eigenvalue weighted by molar-refractivity contribution is 7.15. The topological polar surface area (TPSA) is 86.4 Å². The van der Waals surface area contributed by atoms with Gasteiger partial charge in [0.25, 0.3) is 0 Å². The molecule has 174 valence electrons. The van der Waals surface area contributed by atoms with Gasteiger partial charge in [0.05, 0.1) is 11.2 Å². The minimum absolute atomic E-state index is 0.0151. The molecule has 0 aliphatic rings. The van der Waals surface area contributed by atoms with Crippen LogP contribution in [0.5, 0.6) is 0 Å². The quantitative estimate of drug-likeness (QED) is 0.329. The van der Waals surface area contributed by atoms with Crippen LogP contribution in [0.4, 0.5) is 0 Å². The Labute approximate surface area is 210 Å². The lowest BCUT2D eigenvalue weighted by atomic mass is 9.96. The van der Waals surface area contributed by atoms with E-state index in [0.29, 0.717) is 5.82 Å². The molecule has 0 spiro atoms. The summed E-state index contributed by atoms with van der Waals surface area (Å²) in [7, 11) is 0. The third-order valence-electron chi connectivity index (χ3n) is 6.49. The van der Waals surface area contributed by atoms with Crippen LogP contribution in [0.3, 0.4) is 0 Å². The number of thiazole rings is 1. The first kappa shape index (κ1) is 20.9. The van der Waals surface area contributed by atoms with Gasteiger partial charge in [-0.05, 0) is 30.2 Å². The van der Waals surface area contributed by atoms with Gasteiger partial charge in [-0.3, -0.25) is 8.80 Å². The van der Waals surface area contributed by atoms with Gasteiger partial charge >= 0.3 is 0 Å². The number of imidazole rings is 1. The van der Waals surface area contributed by atoms with Crippen molar-refractivity contribution >= 4 is 32.8 Å². The normalized spacial score (nSPS) is 12.6. The smallest absolute Gasteiger partial charge is 0.194 e. The molecule has 7 rings (SSSR count). The van der Waals surface area contributed by atoms with Gasteiger partial charge in [0.15, 0.2) is 16.4 Å². The van der Waals surface area contributed by atoms with Crippen molar-refractivity contribution in [3.05, 3.63) is 96.3 Å². The van der Waals surface area contributed by atoms with E-state index in [0.717, 1.165) is 55.2 Å². The lowest BCUT2D eigenvalue weighted by molar-refractivity contribution is 0.818. The summed E-state index contributed by atoms with van der Waals surface area (Å²) in [6.45, 7) is 1.99. The zero-order chi connectivity index (χ0) is 24.2. The van der Waals surface area contributed by atoms with Gasteiger partial charge in [0, 0.05) is 46.5 Å². The molecule has 0 radical (unpaired) electrons. The molecule has 0 amide bonds. The van der Waals surface area contributed by atoms with Crippen LogP contribution >= 0.6 is 11.3 Å². The highest BCUT2D eigenvalue weighted by Gasteiger charge is 2.18. The molecule has 0 unspecified atom stereocenters. The van der Waals surface area contributed by atoms with Gasteiger partial charge in [-0.25, -0.2) is 9.97 Å². The molecule has 0 aliphatic carbocycles. The van der Waals surface area contributed by atoms with E-state index >= 15 is 0 Å². The lowest BCUT2D eigenvalue weighted by Gasteiger charge is -2.13. The second-order valence-electron chi connectivity index (χ2n) is 8.85. The average molecular weight is 488 g/mol. The van der Waals surface area contributed by atoms with Crippen LogP contribution in [0.1, 0.15) is 18.5 Å². The summed E-state index contributed by atoms with van der Waals surface area (Å²) in [5.41, 5.74) is 13.7. The molecular formula is C28H21N7S. The average Bonchev–Trinajstić information content (AvgIpc) is 3.63. The predicted octanol–water partition coefficient (Wildman–Crippen LogP) is 6.01. The minimum Gasteiger partial charge on any atom is -0.324 e. The van der Waals surface area contributed by atoms with Crippen molar-refractivity contribution in [2.24, 2.45) is 5.73 Å². The van der Waals surface area contributed by atoms with E-state index in [1.165, 1.54) is 0 Å². The highest BCUT2D eigenvalue weighted by atomic mass is 32.1. The molecule has 36 heavy (non-hydrogen) atoms. The maximum Gasteiger partial charge on any atom is 0.194 e. The van der Waals surface area contributed by atoms with Crippen molar-refractivity contribution in [1.82, 2.24) is 29.0 Å². The summed E-state index contributed by atoms with van der Waals surface area (Å²) in [4.78, 5) is 10.8.